The van der Waals surface area contributed by atoms with E-state index in [0.29, 0.717) is 5.92 Å². The van der Waals surface area contributed by atoms with Gasteiger partial charge in [-0.2, -0.15) is 0 Å². The van der Waals surface area contributed by atoms with E-state index in [2.05, 4.69) is 65.5 Å². The molecule has 0 bridgehead atoms. The van der Waals surface area contributed by atoms with Crippen LogP contribution in [0.25, 0.3) is 0 Å². The fourth-order valence-corrected chi connectivity index (χ4v) is 13.0. The molecule has 1 atom stereocenters. The molecule has 0 aromatic carbocycles. The van der Waals surface area contributed by atoms with Crippen LogP contribution >= 0.6 is 0 Å². The zero-order valence-electron chi connectivity index (χ0n) is 27.1. The Hall–Kier alpha value is 0.554. The van der Waals surface area contributed by atoms with E-state index in [1.807, 2.05) is 0 Å². The number of nitrogens with zero attached hydrogens (tertiary/aromatic N) is 3. The molecule has 0 fully saturated rings. The van der Waals surface area contributed by atoms with Crippen LogP contribution in [-0.4, -0.2) is 56.0 Å². The fourth-order valence-electron chi connectivity index (χ4n) is 5.30. The second-order valence-corrected chi connectivity index (χ2v) is 16.6. The molecule has 0 aliphatic heterocycles. The summed E-state index contributed by atoms with van der Waals surface area (Å²) >= 11 is -3.26. The molecule has 1 unspecified atom stereocenters. The van der Waals surface area contributed by atoms with Crippen LogP contribution < -0.4 is 0 Å². The first-order chi connectivity index (χ1) is 18.1. The van der Waals surface area contributed by atoms with Gasteiger partial charge in [0.05, 0.1) is 0 Å². The Balaban J connectivity index is 6.82. The van der Waals surface area contributed by atoms with E-state index in [9.17, 15) is 0 Å². The maximum absolute atomic E-state index is 7.71. The molecular formula is C32H71N3OTi. The average Bonchev–Trinajstić information content (AvgIpc) is 2.92. The van der Waals surface area contributed by atoms with E-state index in [-0.39, 0.29) is 0 Å². The van der Waals surface area contributed by atoms with Crippen LogP contribution in [0.2, 0.25) is 0 Å². The molecule has 0 N–H and O–H groups in total. The normalized spacial score (nSPS) is 13.4. The van der Waals surface area contributed by atoms with Crippen LogP contribution in [0.5, 0.6) is 0 Å². The van der Waals surface area contributed by atoms with E-state index >= 15 is 0 Å². The van der Waals surface area contributed by atoms with Crippen LogP contribution in [0.1, 0.15) is 158 Å². The van der Waals surface area contributed by atoms with Gasteiger partial charge < -0.3 is 0 Å². The van der Waals surface area contributed by atoms with Crippen molar-refractivity contribution in [2.24, 2.45) is 5.92 Å². The molecule has 0 aliphatic carbocycles. The number of unbranched alkanes of at least 4 members (excludes halogenated alkanes) is 7. The van der Waals surface area contributed by atoms with Gasteiger partial charge in [-0.25, -0.2) is 0 Å². The predicted molar refractivity (Wildman–Crippen MR) is 163 cm³/mol. The van der Waals surface area contributed by atoms with Crippen molar-refractivity contribution >= 4 is 0 Å². The van der Waals surface area contributed by atoms with Crippen molar-refractivity contribution in [3.05, 3.63) is 0 Å². The second-order valence-electron chi connectivity index (χ2n) is 11.4. The topological polar surface area (TPSA) is 19.0 Å². The van der Waals surface area contributed by atoms with Crippen molar-refractivity contribution in [2.75, 3.05) is 45.9 Å². The summed E-state index contributed by atoms with van der Waals surface area (Å²) < 4.78 is 16.7. The molecule has 0 amide bonds. The summed E-state index contributed by atoms with van der Waals surface area (Å²) in [5.74, 6) is 0.697. The molecule has 4 nitrogen and oxygen atoms in total. The third-order valence-corrected chi connectivity index (χ3v) is 14.8. The second kappa shape index (κ2) is 25.5. The molecule has 0 aliphatic rings. The third kappa shape index (κ3) is 14.7. The molecule has 5 heteroatoms. The van der Waals surface area contributed by atoms with E-state index in [4.69, 9.17) is 3.32 Å². The molecule has 37 heavy (non-hydrogen) atoms. The maximum atomic E-state index is 7.71. The molecule has 224 valence electrons. The molecule has 0 saturated carbocycles. The zero-order valence-corrected chi connectivity index (χ0v) is 28.7. The summed E-state index contributed by atoms with van der Waals surface area (Å²) in [4.78, 5) is 0. The van der Waals surface area contributed by atoms with Crippen molar-refractivity contribution in [1.82, 2.24) is 10.1 Å². The van der Waals surface area contributed by atoms with Crippen LogP contribution in [-0.2, 0) is 21.1 Å². The molecule has 0 spiro atoms. The quantitative estimate of drug-likeness (QED) is 0.0885. The first kappa shape index (κ1) is 37.6. The third-order valence-electron chi connectivity index (χ3n) is 7.98. The Bertz CT molecular complexity index is 405. The average molecular weight is 562 g/mol. The molecule has 0 rings (SSSR count). The SMILES string of the molecule is CCCCC(CC)C[O][Ti]([N](CCCC)CCCC)([N](CCCC)CCCC)[N](CCCC)CCCC. The first-order valence-corrected chi connectivity index (χ1v) is 19.7. The van der Waals surface area contributed by atoms with Gasteiger partial charge in [-0.3, -0.25) is 0 Å². The van der Waals surface area contributed by atoms with Crippen molar-refractivity contribution in [3.8, 4) is 0 Å². The van der Waals surface area contributed by atoms with Gasteiger partial charge in [0.2, 0.25) is 0 Å². The van der Waals surface area contributed by atoms with Gasteiger partial charge in [0.1, 0.15) is 0 Å². The Morgan fingerprint density at radius 2 is 0.757 bits per heavy atom. The minimum absolute atomic E-state index is 0.697. The molecule has 0 aromatic heterocycles. The Morgan fingerprint density at radius 3 is 1.00 bits per heavy atom. The molecule has 0 saturated heterocycles. The van der Waals surface area contributed by atoms with Crippen LogP contribution in [0.4, 0.5) is 0 Å². The van der Waals surface area contributed by atoms with Gasteiger partial charge >= 0.3 is 241 Å². The minimum atomic E-state index is -3.26. The Morgan fingerprint density at radius 1 is 0.459 bits per heavy atom. The molecule has 0 aromatic rings. The van der Waals surface area contributed by atoms with Gasteiger partial charge in [-0.05, 0) is 0 Å². The Labute approximate surface area is 240 Å². The van der Waals surface area contributed by atoms with E-state index in [1.165, 1.54) is 142 Å². The summed E-state index contributed by atoms with van der Waals surface area (Å²) in [5, 5.41) is 0. The predicted octanol–water partition coefficient (Wildman–Crippen LogP) is 9.74. The standard InChI is InChI=1S/3C8H18N.C8H17O.Ti/c3*1-3-5-7-9-8-6-4-2;1-3-5-6-8(4-2)7-9;/h3*3-8H2,1-2H3;8H,3-7H2,1-2H3;/q4*-1;+4. The van der Waals surface area contributed by atoms with Crippen LogP contribution in [0.3, 0.4) is 0 Å². The summed E-state index contributed by atoms with van der Waals surface area (Å²) in [6, 6.07) is 0. The molecule has 0 radical (unpaired) electrons. The zero-order chi connectivity index (χ0) is 27.8. The Kier molecular flexibility index (Phi) is 25.9. The van der Waals surface area contributed by atoms with Gasteiger partial charge in [-0.1, -0.05) is 0 Å². The van der Waals surface area contributed by atoms with Gasteiger partial charge in [0.25, 0.3) is 0 Å². The van der Waals surface area contributed by atoms with Crippen molar-refractivity contribution < 1.29 is 21.1 Å². The number of rotatable bonds is 28. The molecular weight excluding hydrogens is 490 g/mol. The van der Waals surface area contributed by atoms with Crippen LogP contribution in [0, 0.1) is 5.92 Å². The van der Waals surface area contributed by atoms with E-state index in [0.717, 1.165) is 6.61 Å². The first-order valence-electron chi connectivity index (χ1n) is 16.9. The van der Waals surface area contributed by atoms with Crippen molar-refractivity contribution in [2.45, 2.75) is 158 Å². The summed E-state index contributed by atoms with van der Waals surface area (Å²) in [6.07, 6.45) is 20.5. The summed E-state index contributed by atoms with van der Waals surface area (Å²) in [6.45, 7) is 27.2. The summed E-state index contributed by atoms with van der Waals surface area (Å²) in [5.41, 5.74) is 0. The van der Waals surface area contributed by atoms with E-state index in [1.54, 1.807) is 0 Å². The monoisotopic (exact) mass is 562 g/mol. The number of hydrogen-bond acceptors (Lipinski definition) is 4. The number of hydrogen-bond donors (Lipinski definition) is 0. The van der Waals surface area contributed by atoms with Crippen molar-refractivity contribution in [1.29, 1.82) is 0 Å². The summed E-state index contributed by atoms with van der Waals surface area (Å²) in [7, 11) is 0. The van der Waals surface area contributed by atoms with Gasteiger partial charge in [0.15, 0.2) is 0 Å². The van der Waals surface area contributed by atoms with Crippen molar-refractivity contribution in [3.63, 3.8) is 0 Å². The molecule has 0 heterocycles. The fraction of sp³-hybridized carbons (Fsp3) is 1.00. The van der Waals surface area contributed by atoms with Gasteiger partial charge in [-0.15, -0.1) is 0 Å². The van der Waals surface area contributed by atoms with E-state index < -0.39 is 17.7 Å². The van der Waals surface area contributed by atoms with Crippen LogP contribution in [0.15, 0.2) is 0 Å². The van der Waals surface area contributed by atoms with Gasteiger partial charge in [0, 0.05) is 0 Å².